The van der Waals surface area contributed by atoms with E-state index in [1.165, 1.54) is 13.3 Å². The van der Waals surface area contributed by atoms with Gasteiger partial charge in [0.05, 0.1) is 24.5 Å². The van der Waals surface area contributed by atoms with Crippen molar-refractivity contribution in [2.24, 2.45) is 0 Å². The number of nitrogens with zero attached hydrogens (tertiary/aromatic N) is 2. The molecule has 0 saturated heterocycles. The number of aromatic nitrogens is 2. The van der Waals surface area contributed by atoms with Gasteiger partial charge in [0.2, 0.25) is 0 Å². The minimum absolute atomic E-state index is 0.328. The molecule has 0 aromatic carbocycles. The van der Waals surface area contributed by atoms with E-state index in [9.17, 15) is 9.59 Å². The molecule has 0 radical (unpaired) electrons. The Morgan fingerprint density at radius 3 is 2.59 bits per heavy atom. The van der Waals surface area contributed by atoms with Gasteiger partial charge < -0.3 is 9.47 Å². The lowest BCUT2D eigenvalue weighted by atomic mass is 10.2. The molecule has 2 heterocycles. The number of hydrogen-bond donors (Lipinski definition) is 1. The van der Waals surface area contributed by atoms with Crippen LogP contribution in [0.25, 0.3) is 5.52 Å². The molecule has 7 nitrogen and oxygen atoms in total. The number of methoxy groups -OCH3 is 1. The molecular weight excluding hydrogens is 286 g/mol. The molecule has 0 bridgehead atoms. The molecule has 0 aliphatic rings. The number of pyridine rings is 1. The van der Waals surface area contributed by atoms with E-state index in [0.29, 0.717) is 16.8 Å². The predicted molar refractivity (Wildman–Crippen MR) is 81.1 cm³/mol. The maximum Gasteiger partial charge on any atom is 0.412 e. The third-order valence-electron chi connectivity index (χ3n) is 2.90. The van der Waals surface area contributed by atoms with Gasteiger partial charge in [-0.15, -0.1) is 0 Å². The zero-order valence-electron chi connectivity index (χ0n) is 13.3. The number of fused-ring (bicyclic) bond motifs is 1. The van der Waals surface area contributed by atoms with E-state index in [-0.39, 0.29) is 0 Å². The number of nitrogens with one attached hydrogen (secondary N) is 1. The first-order valence-electron chi connectivity index (χ1n) is 6.77. The van der Waals surface area contributed by atoms with Crippen molar-refractivity contribution < 1.29 is 19.1 Å². The predicted octanol–water partition coefficient (Wildman–Crippen LogP) is 2.78. The largest absolute Gasteiger partial charge is 0.465 e. The Morgan fingerprint density at radius 2 is 2.00 bits per heavy atom. The molecule has 0 saturated carbocycles. The van der Waals surface area contributed by atoms with Crippen LogP contribution >= 0.6 is 0 Å². The highest BCUT2D eigenvalue weighted by Gasteiger charge is 2.18. The molecule has 0 aliphatic heterocycles. The molecule has 2 aromatic rings. The molecule has 0 unspecified atom stereocenters. The minimum Gasteiger partial charge on any atom is -0.465 e. The number of aryl methyl sites for hydroxylation is 1. The molecule has 22 heavy (non-hydrogen) atoms. The molecule has 0 spiro atoms. The highest BCUT2D eigenvalue weighted by atomic mass is 16.6. The summed E-state index contributed by atoms with van der Waals surface area (Å²) >= 11 is 0. The lowest BCUT2D eigenvalue weighted by Gasteiger charge is -2.20. The van der Waals surface area contributed by atoms with Crippen LogP contribution in [0, 0.1) is 6.92 Å². The zero-order chi connectivity index (χ0) is 16.5. The third-order valence-corrected chi connectivity index (χ3v) is 2.90. The molecule has 0 aliphatic carbocycles. The van der Waals surface area contributed by atoms with E-state index < -0.39 is 17.7 Å². The number of esters is 1. The van der Waals surface area contributed by atoms with Crippen molar-refractivity contribution in [3.05, 3.63) is 29.6 Å². The van der Waals surface area contributed by atoms with E-state index in [1.54, 1.807) is 37.5 Å². The maximum absolute atomic E-state index is 11.9. The second kappa shape index (κ2) is 5.67. The SMILES string of the molecule is COC(=O)c1cnn2cc(C)c(NC(=O)OC(C)(C)C)cc12. The minimum atomic E-state index is -0.587. The van der Waals surface area contributed by atoms with E-state index in [2.05, 4.69) is 10.4 Å². The van der Waals surface area contributed by atoms with Crippen molar-refractivity contribution in [3.8, 4) is 0 Å². The number of amides is 1. The van der Waals surface area contributed by atoms with Gasteiger partial charge in [-0.25, -0.2) is 14.1 Å². The molecule has 2 aromatic heterocycles. The summed E-state index contributed by atoms with van der Waals surface area (Å²) in [6.45, 7) is 7.19. The van der Waals surface area contributed by atoms with Crippen molar-refractivity contribution in [2.75, 3.05) is 12.4 Å². The van der Waals surface area contributed by atoms with Crippen molar-refractivity contribution in [2.45, 2.75) is 33.3 Å². The molecule has 0 fully saturated rings. The first kappa shape index (κ1) is 15.8. The second-order valence-corrected chi connectivity index (χ2v) is 5.88. The number of rotatable bonds is 2. The Morgan fingerprint density at radius 1 is 1.32 bits per heavy atom. The first-order chi connectivity index (χ1) is 10.2. The molecule has 2 rings (SSSR count). The number of hydrogen-bond acceptors (Lipinski definition) is 5. The summed E-state index contributed by atoms with van der Waals surface area (Å²) < 4.78 is 11.5. The summed E-state index contributed by atoms with van der Waals surface area (Å²) in [7, 11) is 1.31. The third kappa shape index (κ3) is 3.36. The molecule has 1 N–H and O–H groups in total. The van der Waals surface area contributed by atoms with Crippen molar-refractivity contribution in [1.82, 2.24) is 9.61 Å². The Hall–Kier alpha value is -2.57. The lowest BCUT2D eigenvalue weighted by Crippen LogP contribution is -2.27. The first-order valence-corrected chi connectivity index (χ1v) is 6.77. The quantitative estimate of drug-likeness (QED) is 0.863. The average Bonchev–Trinajstić information content (AvgIpc) is 2.78. The molecular formula is C15H19N3O4. The van der Waals surface area contributed by atoms with E-state index >= 15 is 0 Å². The number of anilines is 1. The topological polar surface area (TPSA) is 81.9 Å². The van der Waals surface area contributed by atoms with Gasteiger partial charge in [0.25, 0.3) is 0 Å². The number of carbonyl (C=O) groups excluding carboxylic acids is 2. The van der Waals surface area contributed by atoms with Gasteiger partial charge in [-0.05, 0) is 39.3 Å². The van der Waals surface area contributed by atoms with Crippen LogP contribution in [0.2, 0.25) is 0 Å². The summed E-state index contributed by atoms with van der Waals surface area (Å²) in [5.74, 6) is -0.484. The second-order valence-electron chi connectivity index (χ2n) is 5.88. The van der Waals surface area contributed by atoms with E-state index in [4.69, 9.17) is 9.47 Å². The fourth-order valence-corrected chi connectivity index (χ4v) is 1.94. The van der Waals surface area contributed by atoms with Crippen LogP contribution in [-0.4, -0.2) is 34.4 Å². The summed E-state index contributed by atoms with van der Waals surface area (Å²) in [4.78, 5) is 23.6. The normalized spacial score (nSPS) is 11.3. The van der Waals surface area contributed by atoms with Crippen LogP contribution in [0.5, 0.6) is 0 Å². The lowest BCUT2D eigenvalue weighted by molar-refractivity contribution is 0.0600. The average molecular weight is 305 g/mol. The zero-order valence-corrected chi connectivity index (χ0v) is 13.3. The van der Waals surface area contributed by atoms with Crippen LogP contribution in [-0.2, 0) is 9.47 Å². The summed E-state index contributed by atoms with van der Waals surface area (Å²) in [5.41, 5.74) is 1.62. The molecule has 118 valence electrons. The fourth-order valence-electron chi connectivity index (χ4n) is 1.94. The molecule has 0 atom stereocenters. The fraction of sp³-hybridized carbons (Fsp3) is 0.400. The van der Waals surface area contributed by atoms with Gasteiger partial charge in [-0.1, -0.05) is 0 Å². The van der Waals surface area contributed by atoms with E-state index in [0.717, 1.165) is 5.56 Å². The van der Waals surface area contributed by atoms with Gasteiger partial charge in [-0.3, -0.25) is 5.32 Å². The van der Waals surface area contributed by atoms with Gasteiger partial charge >= 0.3 is 12.1 Å². The van der Waals surface area contributed by atoms with Crippen LogP contribution < -0.4 is 5.32 Å². The van der Waals surface area contributed by atoms with Crippen LogP contribution in [0.3, 0.4) is 0 Å². The Bertz CT molecular complexity index is 728. The Kier molecular flexibility index (Phi) is 4.07. The van der Waals surface area contributed by atoms with Crippen molar-refractivity contribution in [1.29, 1.82) is 0 Å². The summed E-state index contributed by atoms with van der Waals surface area (Å²) in [6.07, 6.45) is 2.59. The van der Waals surface area contributed by atoms with Crippen molar-refractivity contribution in [3.63, 3.8) is 0 Å². The Labute approximate surface area is 128 Å². The van der Waals surface area contributed by atoms with E-state index in [1.807, 2.05) is 6.92 Å². The molecule has 1 amide bonds. The summed E-state index contributed by atoms with van der Waals surface area (Å²) in [6, 6.07) is 1.67. The van der Waals surface area contributed by atoms with Crippen LogP contribution in [0.15, 0.2) is 18.5 Å². The highest BCUT2D eigenvalue weighted by Crippen LogP contribution is 2.21. The van der Waals surface area contributed by atoms with Crippen LogP contribution in [0.4, 0.5) is 10.5 Å². The smallest absolute Gasteiger partial charge is 0.412 e. The van der Waals surface area contributed by atoms with Gasteiger partial charge in [0.1, 0.15) is 11.2 Å². The maximum atomic E-state index is 11.9. The monoisotopic (exact) mass is 305 g/mol. The number of carbonyl (C=O) groups is 2. The number of ether oxygens (including phenoxy) is 2. The standard InChI is InChI=1S/C15H19N3O4/c1-9-8-18-12(10(7-16-18)13(19)21-5)6-11(9)17-14(20)22-15(2,3)4/h6-8H,1-5H3,(H,17,20). The van der Waals surface area contributed by atoms with Crippen LogP contribution in [0.1, 0.15) is 36.7 Å². The Balaban J connectivity index is 2.36. The highest BCUT2D eigenvalue weighted by molar-refractivity contribution is 5.98. The van der Waals surface area contributed by atoms with Gasteiger partial charge in [0.15, 0.2) is 0 Å². The van der Waals surface area contributed by atoms with Crippen molar-refractivity contribution >= 4 is 23.3 Å². The van der Waals surface area contributed by atoms with Gasteiger partial charge in [0, 0.05) is 6.20 Å². The molecule has 7 heteroatoms. The van der Waals surface area contributed by atoms with Gasteiger partial charge in [-0.2, -0.15) is 5.10 Å². The summed E-state index contributed by atoms with van der Waals surface area (Å²) in [5, 5.41) is 6.78.